The first kappa shape index (κ1) is 12.3. The molecule has 1 aliphatic heterocycles. The molecule has 3 rings (SSSR count). The molecule has 1 fully saturated rings. The van der Waals surface area contributed by atoms with E-state index in [1.54, 1.807) is 12.1 Å². The lowest BCUT2D eigenvalue weighted by Gasteiger charge is -2.22. The molecule has 2 aromatic rings. The number of hydrogen-bond donors (Lipinski definition) is 3. The number of halogens is 1. The van der Waals surface area contributed by atoms with Gasteiger partial charge >= 0.3 is 0 Å². The van der Waals surface area contributed by atoms with Crippen molar-refractivity contribution in [2.45, 2.75) is 18.1 Å². The van der Waals surface area contributed by atoms with Crippen molar-refractivity contribution < 1.29 is 4.39 Å². The van der Waals surface area contributed by atoms with E-state index in [-0.39, 0.29) is 23.9 Å². The molecule has 1 saturated heterocycles. The highest BCUT2D eigenvalue weighted by Crippen LogP contribution is 2.36. The topological polar surface area (TPSA) is 50.1 Å². The maximum absolute atomic E-state index is 13.9. The highest BCUT2D eigenvalue weighted by molar-refractivity contribution is 5.31. The third-order valence-corrected chi connectivity index (χ3v) is 3.58. The van der Waals surface area contributed by atoms with E-state index in [1.807, 2.05) is 36.4 Å². The third kappa shape index (κ3) is 2.26. The summed E-state index contributed by atoms with van der Waals surface area (Å²) in [4.78, 5) is 0. The molecular weight excluding hydrogens is 241 g/mol. The average molecular weight is 257 g/mol. The molecule has 0 aromatic heterocycles. The van der Waals surface area contributed by atoms with Crippen LogP contribution in [0.2, 0.25) is 0 Å². The fraction of sp³-hybridized carbons (Fsp3) is 0.200. The molecule has 0 aliphatic carbocycles. The van der Waals surface area contributed by atoms with Crippen LogP contribution in [0, 0.1) is 5.82 Å². The molecule has 1 heterocycles. The average Bonchev–Trinajstić information content (AvgIpc) is 2.82. The van der Waals surface area contributed by atoms with Gasteiger partial charge in [0.15, 0.2) is 0 Å². The van der Waals surface area contributed by atoms with Crippen LogP contribution in [0.5, 0.6) is 0 Å². The largest absolute Gasteiger partial charge is 0.314 e. The lowest BCUT2D eigenvalue weighted by atomic mass is 9.86. The third-order valence-electron chi connectivity index (χ3n) is 3.58. The zero-order valence-corrected chi connectivity index (χ0v) is 10.4. The standard InChI is InChI=1S/C15H16FN3/c16-12-9-5-4-8-11(12)14-13(15(17)19-18-14)10-6-2-1-3-7-10/h1-9,13-15,18-19H,17H2. The fourth-order valence-corrected chi connectivity index (χ4v) is 2.65. The van der Waals surface area contributed by atoms with E-state index in [2.05, 4.69) is 10.9 Å². The predicted molar refractivity (Wildman–Crippen MR) is 72.6 cm³/mol. The molecule has 0 amide bonds. The summed E-state index contributed by atoms with van der Waals surface area (Å²) in [6, 6.07) is 16.6. The number of nitrogens with one attached hydrogen (secondary N) is 2. The van der Waals surface area contributed by atoms with Gasteiger partial charge in [-0.15, -0.1) is 0 Å². The Morgan fingerprint density at radius 1 is 0.895 bits per heavy atom. The molecule has 2 aromatic carbocycles. The molecule has 1 aliphatic rings. The molecule has 0 saturated carbocycles. The van der Waals surface area contributed by atoms with Crippen molar-refractivity contribution in [3.63, 3.8) is 0 Å². The molecule has 4 heteroatoms. The summed E-state index contributed by atoms with van der Waals surface area (Å²) in [5.74, 6) is -0.213. The quantitative estimate of drug-likeness (QED) is 0.771. The summed E-state index contributed by atoms with van der Waals surface area (Å²) in [6.45, 7) is 0. The van der Waals surface area contributed by atoms with Crippen molar-refractivity contribution in [1.29, 1.82) is 0 Å². The van der Waals surface area contributed by atoms with Crippen LogP contribution < -0.4 is 16.6 Å². The monoisotopic (exact) mass is 257 g/mol. The number of benzene rings is 2. The zero-order valence-electron chi connectivity index (χ0n) is 10.4. The second-order valence-electron chi connectivity index (χ2n) is 4.75. The van der Waals surface area contributed by atoms with E-state index in [1.165, 1.54) is 6.07 Å². The number of hydrazine groups is 1. The van der Waals surface area contributed by atoms with Crippen LogP contribution >= 0.6 is 0 Å². The Labute approximate surface area is 111 Å². The van der Waals surface area contributed by atoms with Crippen molar-refractivity contribution >= 4 is 0 Å². The summed E-state index contributed by atoms with van der Waals surface area (Å²) in [7, 11) is 0. The van der Waals surface area contributed by atoms with Crippen LogP contribution in [0.4, 0.5) is 4.39 Å². The van der Waals surface area contributed by atoms with Crippen LogP contribution in [0.3, 0.4) is 0 Å². The van der Waals surface area contributed by atoms with Gasteiger partial charge in [0, 0.05) is 11.5 Å². The number of nitrogens with two attached hydrogens (primary N) is 1. The van der Waals surface area contributed by atoms with Gasteiger partial charge in [-0.1, -0.05) is 48.5 Å². The van der Waals surface area contributed by atoms with Gasteiger partial charge in [0.05, 0.1) is 12.2 Å². The molecule has 3 unspecified atom stereocenters. The highest BCUT2D eigenvalue weighted by Gasteiger charge is 2.36. The van der Waals surface area contributed by atoms with Crippen LogP contribution in [-0.2, 0) is 0 Å². The molecule has 0 bridgehead atoms. The van der Waals surface area contributed by atoms with E-state index >= 15 is 0 Å². The highest BCUT2D eigenvalue weighted by atomic mass is 19.1. The summed E-state index contributed by atoms with van der Waals surface area (Å²) in [5, 5.41) is 0. The Hall–Kier alpha value is -1.75. The van der Waals surface area contributed by atoms with Crippen LogP contribution in [0.15, 0.2) is 54.6 Å². The van der Waals surface area contributed by atoms with E-state index in [4.69, 9.17) is 5.73 Å². The van der Waals surface area contributed by atoms with Crippen molar-refractivity contribution in [2.75, 3.05) is 0 Å². The van der Waals surface area contributed by atoms with E-state index in [0.29, 0.717) is 5.56 Å². The minimum atomic E-state index is -0.244. The molecular formula is C15H16FN3. The molecule has 0 radical (unpaired) electrons. The number of hydrogen-bond acceptors (Lipinski definition) is 3. The molecule has 19 heavy (non-hydrogen) atoms. The van der Waals surface area contributed by atoms with Gasteiger partial charge in [0.2, 0.25) is 0 Å². The SMILES string of the molecule is NC1NNC(c2ccccc2F)C1c1ccccc1. The lowest BCUT2D eigenvalue weighted by Crippen LogP contribution is -2.38. The molecule has 0 spiro atoms. The second-order valence-corrected chi connectivity index (χ2v) is 4.75. The second kappa shape index (κ2) is 5.09. The first-order valence-corrected chi connectivity index (χ1v) is 6.33. The normalized spacial score (nSPS) is 26.5. The maximum Gasteiger partial charge on any atom is 0.128 e. The van der Waals surface area contributed by atoms with Crippen LogP contribution in [0.25, 0.3) is 0 Å². The summed E-state index contributed by atoms with van der Waals surface area (Å²) in [6.07, 6.45) is -0.244. The van der Waals surface area contributed by atoms with Gasteiger partial charge in [0.1, 0.15) is 5.82 Å². The first-order valence-electron chi connectivity index (χ1n) is 6.33. The Kier molecular flexibility index (Phi) is 3.29. The van der Waals surface area contributed by atoms with Crippen molar-refractivity contribution in [2.24, 2.45) is 5.73 Å². The lowest BCUT2D eigenvalue weighted by molar-refractivity contribution is 0.510. The van der Waals surface area contributed by atoms with Gasteiger partial charge in [0.25, 0.3) is 0 Å². The minimum absolute atomic E-state index is 0.00176. The van der Waals surface area contributed by atoms with E-state index < -0.39 is 0 Å². The van der Waals surface area contributed by atoms with Gasteiger partial charge in [-0.3, -0.25) is 0 Å². The van der Waals surface area contributed by atoms with Crippen LogP contribution in [-0.4, -0.2) is 6.17 Å². The molecule has 3 atom stereocenters. The summed E-state index contributed by atoms with van der Waals surface area (Å²) >= 11 is 0. The smallest absolute Gasteiger partial charge is 0.128 e. The van der Waals surface area contributed by atoms with Gasteiger partial charge < -0.3 is 5.73 Å². The fourth-order valence-electron chi connectivity index (χ4n) is 2.65. The Balaban J connectivity index is 2.00. The maximum atomic E-state index is 13.9. The molecule has 4 N–H and O–H groups in total. The van der Waals surface area contributed by atoms with Crippen LogP contribution in [0.1, 0.15) is 23.1 Å². The Morgan fingerprint density at radius 2 is 1.58 bits per heavy atom. The number of rotatable bonds is 2. The predicted octanol–water partition coefficient (Wildman–Crippen LogP) is 2.04. The minimum Gasteiger partial charge on any atom is -0.314 e. The Bertz CT molecular complexity index is 558. The van der Waals surface area contributed by atoms with Gasteiger partial charge in [-0.25, -0.2) is 15.2 Å². The zero-order chi connectivity index (χ0) is 13.2. The first-order chi connectivity index (χ1) is 9.27. The summed E-state index contributed by atoms with van der Waals surface area (Å²) in [5.41, 5.74) is 13.9. The van der Waals surface area contributed by atoms with Gasteiger partial charge in [-0.2, -0.15) is 0 Å². The van der Waals surface area contributed by atoms with E-state index in [9.17, 15) is 4.39 Å². The summed E-state index contributed by atoms with van der Waals surface area (Å²) < 4.78 is 13.9. The molecule has 3 nitrogen and oxygen atoms in total. The van der Waals surface area contributed by atoms with Crippen molar-refractivity contribution in [3.8, 4) is 0 Å². The molecule has 98 valence electrons. The van der Waals surface area contributed by atoms with Crippen molar-refractivity contribution in [1.82, 2.24) is 10.9 Å². The van der Waals surface area contributed by atoms with Gasteiger partial charge in [-0.05, 0) is 11.6 Å². The van der Waals surface area contributed by atoms with E-state index in [0.717, 1.165) is 5.56 Å². The van der Waals surface area contributed by atoms with Crippen molar-refractivity contribution in [3.05, 3.63) is 71.5 Å². The Morgan fingerprint density at radius 3 is 2.32 bits per heavy atom.